The van der Waals surface area contributed by atoms with Crippen LogP contribution in [0.5, 0.6) is 0 Å². The second-order valence-corrected chi connectivity index (χ2v) is 12.0. The third-order valence-corrected chi connectivity index (χ3v) is 8.65. The quantitative estimate of drug-likeness (QED) is 0.174. The Bertz CT molecular complexity index is 2120. The molecule has 2 aromatic heterocycles. The minimum Gasteiger partial charge on any atom is -0.463 e. The van der Waals surface area contributed by atoms with Gasteiger partial charge in [0.25, 0.3) is 5.56 Å². The number of hydrogen-bond acceptors (Lipinski definition) is 6. The zero-order valence-electron chi connectivity index (χ0n) is 25.2. The van der Waals surface area contributed by atoms with Crippen LogP contribution in [0.25, 0.3) is 23.1 Å². The van der Waals surface area contributed by atoms with Crippen LogP contribution in [0.2, 0.25) is 0 Å². The van der Waals surface area contributed by atoms with Gasteiger partial charge in [0.15, 0.2) is 4.80 Å². The van der Waals surface area contributed by atoms with Gasteiger partial charge in [0.1, 0.15) is 11.5 Å². The van der Waals surface area contributed by atoms with Crippen LogP contribution in [0.4, 0.5) is 13.2 Å². The van der Waals surface area contributed by atoms with Gasteiger partial charge in [0.05, 0.1) is 34.0 Å². The Morgan fingerprint density at radius 2 is 1.72 bits per heavy atom. The summed E-state index contributed by atoms with van der Waals surface area (Å²) in [5, 5.41) is 0. The van der Waals surface area contributed by atoms with E-state index in [1.165, 1.54) is 22.8 Å². The molecule has 1 aliphatic heterocycles. The van der Waals surface area contributed by atoms with Crippen LogP contribution < -0.4 is 14.9 Å². The average Bonchev–Trinajstić information content (AvgIpc) is 3.64. The van der Waals surface area contributed by atoms with E-state index in [2.05, 4.69) is 13.8 Å². The molecule has 0 saturated heterocycles. The van der Waals surface area contributed by atoms with Crippen LogP contribution in [-0.2, 0) is 15.7 Å². The molecule has 0 amide bonds. The average molecular weight is 643 g/mol. The zero-order valence-corrected chi connectivity index (χ0v) is 26.0. The summed E-state index contributed by atoms with van der Waals surface area (Å²) in [5.74, 6) is 0.215. The Balaban J connectivity index is 1.52. The number of furan rings is 1. The van der Waals surface area contributed by atoms with Crippen LogP contribution in [0.3, 0.4) is 0 Å². The second kappa shape index (κ2) is 12.4. The highest BCUT2D eigenvalue weighted by atomic mass is 32.1. The first-order valence-corrected chi connectivity index (χ1v) is 15.5. The molecule has 1 atom stereocenters. The maximum atomic E-state index is 14.1. The summed E-state index contributed by atoms with van der Waals surface area (Å²) in [5.41, 5.74) is 2.25. The molecule has 0 bridgehead atoms. The highest BCUT2D eigenvalue weighted by molar-refractivity contribution is 7.07. The fourth-order valence-corrected chi connectivity index (χ4v) is 6.36. The van der Waals surface area contributed by atoms with Crippen LogP contribution >= 0.6 is 11.3 Å². The number of fused-ring (bicyclic) bond motifs is 1. The summed E-state index contributed by atoms with van der Waals surface area (Å²) in [7, 11) is 0. The predicted octanol–water partition coefficient (Wildman–Crippen LogP) is 7.34. The number of benzene rings is 3. The molecule has 6 nitrogen and oxygen atoms in total. The van der Waals surface area contributed by atoms with E-state index in [-0.39, 0.29) is 39.7 Å². The SMILES string of the molecule is CCOC(=O)C1=C(c2ccccc2)N=c2s/c(=C\c3ccc(-c4cccc(C(F)(F)F)c4)o3)c(=O)n2[C@@H]1c1ccc(C(C)C)cc1. The summed E-state index contributed by atoms with van der Waals surface area (Å²) in [4.78, 5) is 33.0. The van der Waals surface area contributed by atoms with Crippen LogP contribution in [0, 0.1) is 0 Å². The van der Waals surface area contributed by atoms with Gasteiger partial charge in [0.2, 0.25) is 0 Å². The molecule has 234 valence electrons. The van der Waals surface area contributed by atoms with Crippen molar-refractivity contribution in [2.75, 3.05) is 6.61 Å². The lowest BCUT2D eigenvalue weighted by Crippen LogP contribution is -2.40. The molecule has 3 heterocycles. The van der Waals surface area contributed by atoms with Crippen LogP contribution in [-0.4, -0.2) is 17.1 Å². The van der Waals surface area contributed by atoms with Crippen molar-refractivity contribution in [1.82, 2.24) is 4.57 Å². The third-order valence-electron chi connectivity index (χ3n) is 7.67. The van der Waals surface area contributed by atoms with Crippen molar-refractivity contribution >= 4 is 29.1 Å². The van der Waals surface area contributed by atoms with E-state index in [0.29, 0.717) is 21.6 Å². The first kappa shape index (κ1) is 31.0. The second-order valence-electron chi connectivity index (χ2n) is 11.0. The van der Waals surface area contributed by atoms with Gasteiger partial charge in [-0.15, -0.1) is 0 Å². The Labute approximate surface area is 266 Å². The smallest absolute Gasteiger partial charge is 0.416 e. The lowest BCUT2D eigenvalue weighted by molar-refractivity contribution is -0.139. The molecule has 3 aromatic carbocycles. The van der Waals surface area contributed by atoms with Crippen molar-refractivity contribution in [3.8, 4) is 11.3 Å². The summed E-state index contributed by atoms with van der Waals surface area (Å²) < 4.78 is 53.0. The number of hydrogen-bond donors (Lipinski definition) is 0. The minimum absolute atomic E-state index is 0.139. The van der Waals surface area contributed by atoms with Crippen molar-refractivity contribution in [2.45, 2.75) is 38.9 Å². The Morgan fingerprint density at radius 1 is 1.00 bits per heavy atom. The molecule has 0 radical (unpaired) electrons. The van der Waals surface area contributed by atoms with Gasteiger partial charge in [0, 0.05) is 17.2 Å². The molecule has 1 aliphatic rings. The van der Waals surface area contributed by atoms with E-state index in [4.69, 9.17) is 14.1 Å². The van der Waals surface area contributed by atoms with Crippen molar-refractivity contribution in [3.05, 3.63) is 144 Å². The third kappa shape index (κ3) is 6.00. The number of ether oxygens (including phenoxy) is 1. The number of esters is 1. The predicted molar refractivity (Wildman–Crippen MR) is 171 cm³/mol. The fourth-order valence-electron chi connectivity index (χ4n) is 5.38. The van der Waals surface area contributed by atoms with Crippen LogP contribution in [0.1, 0.15) is 60.7 Å². The van der Waals surface area contributed by atoms with Crippen LogP contribution in [0.15, 0.2) is 111 Å². The summed E-state index contributed by atoms with van der Waals surface area (Å²) in [6.07, 6.45) is -2.96. The van der Waals surface area contributed by atoms with Gasteiger partial charge in [-0.05, 0) is 48.2 Å². The number of carbonyl (C=O) groups is 1. The number of alkyl halides is 3. The lowest BCUT2D eigenvalue weighted by Gasteiger charge is -2.26. The summed E-state index contributed by atoms with van der Waals surface area (Å²) >= 11 is 1.13. The number of aromatic nitrogens is 1. The van der Waals surface area contributed by atoms with Gasteiger partial charge >= 0.3 is 12.1 Å². The zero-order chi connectivity index (χ0) is 32.6. The standard InChI is InChI=1S/C36H29F3N2O4S/c1-4-44-34(43)30-31(23-9-6-5-7-10-23)40-35-41(32(30)24-15-13-22(14-16-24)21(2)3)33(42)29(46-35)20-27-17-18-28(45-27)25-11-8-12-26(19-25)36(37,38)39/h5-21,32H,4H2,1-3H3/b29-20-/t32-/m1/s1. The molecular weight excluding hydrogens is 613 g/mol. The number of rotatable bonds is 7. The first-order valence-electron chi connectivity index (χ1n) is 14.7. The number of halogens is 3. The highest BCUT2D eigenvalue weighted by Gasteiger charge is 2.35. The van der Waals surface area contributed by atoms with Crippen molar-refractivity contribution in [3.63, 3.8) is 0 Å². The van der Waals surface area contributed by atoms with Crippen molar-refractivity contribution in [2.24, 2.45) is 4.99 Å². The van der Waals surface area contributed by atoms with Gasteiger partial charge in [-0.2, -0.15) is 13.2 Å². The Kier molecular flexibility index (Phi) is 8.39. The maximum Gasteiger partial charge on any atom is 0.416 e. The Morgan fingerprint density at radius 3 is 2.39 bits per heavy atom. The molecule has 0 spiro atoms. The summed E-state index contributed by atoms with van der Waals surface area (Å²) in [6.45, 7) is 6.03. The molecule has 0 saturated carbocycles. The lowest BCUT2D eigenvalue weighted by atomic mass is 9.91. The topological polar surface area (TPSA) is 73.8 Å². The van der Waals surface area contributed by atoms with Gasteiger partial charge in [-0.3, -0.25) is 9.36 Å². The minimum atomic E-state index is -4.49. The van der Waals surface area contributed by atoms with Gasteiger partial charge < -0.3 is 9.15 Å². The molecule has 0 N–H and O–H groups in total. The number of nitrogens with zero attached hydrogens (tertiary/aromatic N) is 2. The largest absolute Gasteiger partial charge is 0.463 e. The van der Waals surface area contributed by atoms with E-state index < -0.39 is 29.3 Å². The fraction of sp³-hybridized carbons (Fsp3) is 0.194. The number of thiazole rings is 1. The monoisotopic (exact) mass is 642 g/mol. The van der Waals surface area contributed by atoms with E-state index >= 15 is 0 Å². The van der Waals surface area contributed by atoms with E-state index in [0.717, 1.165) is 29.0 Å². The van der Waals surface area contributed by atoms with Crippen molar-refractivity contribution in [1.29, 1.82) is 0 Å². The molecule has 5 aromatic rings. The molecule has 0 unspecified atom stereocenters. The maximum absolute atomic E-state index is 14.1. The van der Waals surface area contributed by atoms with Gasteiger partial charge in [-0.1, -0.05) is 91.9 Å². The summed E-state index contributed by atoms with van der Waals surface area (Å²) in [6, 6.07) is 24.2. The van der Waals surface area contributed by atoms with Gasteiger partial charge in [-0.25, -0.2) is 9.79 Å². The normalized spacial score (nSPS) is 15.2. The van der Waals surface area contributed by atoms with Crippen molar-refractivity contribution < 1.29 is 27.1 Å². The van der Waals surface area contributed by atoms with E-state index in [9.17, 15) is 22.8 Å². The number of carbonyl (C=O) groups excluding carboxylic acids is 1. The molecule has 0 aliphatic carbocycles. The molecule has 6 rings (SSSR count). The Hall–Kier alpha value is -4.96. The molecule has 0 fully saturated rings. The highest BCUT2D eigenvalue weighted by Crippen LogP contribution is 2.36. The molecule has 10 heteroatoms. The first-order chi connectivity index (χ1) is 22.0. The molecule has 46 heavy (non-hydrogen) atoms. The molecular formula is C36H29F3N2O4S. The van der Waals surface area contributed by atoms with E-state index in [1.54, 1.807) is 19.1 Å². The van der Waals surface area contributed by atoms with E-state index in [1.807, 2.05) is 54.6 Å².